The number of hydrogen-bond donors (Lipinski definition) is 5. The summed E-state index contributed by atoms with van der Waals surface area (Å²) in [5.41, 5.74) is 7.55. The molecular weight excluding hydrogens is 1120 g/mol. The number of aryl methyl sites for hydroxylation is 1. The lowest BCUT2D eigenvalue weighted by molar-refractivity contribution is -0.141. The van der Waals surface area contributed by atoms with Gasteiger partial charge in [0, 0.05) is 66.9 Å². The summed E-state index contributed by atoms with van der Waals surface area (Å²) in [4.78, 5) is 80.1. The van der Waals surface area contributed by atoms with Crippen LogP contribution in [-0.2, 0) is 46.4 Å². The number of thiazole rings is 2. The maximum absolute atomic E-state index is 14.4. The van der Waals surface area contributed by atoms with Crippen LogP contribution in [0.1, 0.15) is 81.1 Å². The van der Waals surface area contributed by atoms with Crippen molar-refractivity contribution in [3.63, 3.8) is 0 Å². The molecule has 5 heterocycles. The molecule has 24 heteroatoms. The molecular formula is C60H65FN8O13S2. The Kier molecular flexibility index (Phi) is 20.9. The topological polar surface area (TPSA) is 266 Å². The molecule has 0 radical (unpaired) electrons. The first-order valence-electron chi connectivity index (χ1n) is 27.4. The quantitative estimate of drug-likeness (QED) is 0.0288. The molecule has 442 valence electrons. The van der Waals surface area contributed by atoms with E-state index < -0.39 is 41.7 Å². The monoisotopic (exact) mass is 1190 g/mol. The number of aliphatic hydroxyl groups is 1. The number of aromatic nitrogens is 3. The lowest BCUT2D eigenvalue weighted by Gasteiger charge is -2.28. The first-order valence-corrected chi connectivity index (χ1v) is 29.2. The molecule has 5 amide bonds. The van der Waals surface area contributed by atoms with Gasteiger partial charge in [0.1, 0.15) is 36.2 Å². The summed E-state index contributed by atoms with van der Waals surface area (Å²) in [7, 11) is 0. The van der Waals surface area contributed by atoms with Crippen LogP contribution in [0.15, 0.2) is 113 Å². The minimum Gasteiger partial charge on any atom is -0.508 e. The van der Waals surface area contributed by atoms with Crippen molar-refractivity contribution < 1.29 is 66.8 Å². The number of phenolic OH excluding ortho intramolecular Hbond substituents is 1. The molecule has 1 saturated heterocycles. The van der Waals surface area contributed by atoms with Crippen molar-refractivity contribution >= 4 is 57.3 Å². The number of halogens is 1. The highest BCUT2D eigenvalue weighted by Crippen LogP contribution is 2.39. The van der Waals surface area contributed by atoms with Gasteiger partial charge in [-0.2, -0.15) is 0 Å². The second-order valence-corrected chi connectivity index (χ2v) is 22.0. The van der Waals surface area contributed by atoms with Gasteiger partial charge in [0.2, 0.25) is 11.8 Å². The van der Waals surface area contributed by atoms with Crippen LogP contribution >= 0.6 is 22.7 Å². The molecule has 1 fully saturated rings. The fourth-order valence-electron chi connectivity index (χ4n) is 9.85. The third kappa shape index (κ3) is 15.4. The summed E-state index contributed by atoms with van der Waals surface area (Å²) in [6.07, 6.45) is 0.785. The van der Waals surface area contributed by atoms with Crippen LogP contribution in [0.4, 0.5) is 9.52 Å². The van der Waals surface area contributed by atoms with Crippen LogP contribution in [0.5, 0.6) is 11.6 Å². The molecule has 0 spiro atoms. The highest BCUT2D eigenvalue weighted by atomic mass is 32.1. The van der Waals surface area contributed by atoms with E-state index in [2.05, 4.69) is 31.1 Å². The van der Waals surface area contributed by atoms with E-state index in [1.165, 1.54) is 27.3 Å². The number of carbonyl (C=O) groups excluding carboxylic acids is 5. The third-order valence-corrected chi connectivity index (χ3v) is 15.8. The van der Waals surface area contributed by atoms with Crippen LogP contribution in [0.3, 0.4) is 0 Å². The Labute approximate surface area is 492 Å². The number of anilines is 1. The van der Waals surface area contributed by atoms with E-state index >= 15 is 0 Å². The van der Waals surface area contributed by atoms with Crippen LogP contribution in [-0.4, -0.2) is 149 Å². The van der Waals surface area contributed by atoms with Gasteiger partial charge in [-0.1, -0.05) is 62.4 Å². The molecule has 0 aliphatic carbocycles. The van der Waals surface area contributed by atoms with Gasteiger partial charge in [0.25, 0.3) is 23.6 Å². The normalized spacial score (nSPS) is 15.5. The number of rotatable bonds is 29. The molecule has 4 atom stereocenters. The summed E-state index contributed by atoms with van der Waals surface area (Å²) in [5.74, 6) is -3.62. The van der Waals surface area contributed by atoms with E-state index in [1.54, 1.807) is 59.2 Å². The Bertz CT molecular complexity index is 3360. The van der Waals surface area contributed by atoms with Crippen molar-refractivity contribution in [1.82, 2.24) is 35.6 Å². The molecule has 9 rings (SSSR count). The van der Waals surface area contributed by atoms with E-state index in [-0.39, 0.29) is 98.4 Å². The molecule has 21 nitrogen and oxygen atoms in total. The van der Waals surface area contributed by atoms with Crippen LogP contribution in [0.2, 0.25) is 0 Å². The number of phenols is 1. The molecule has 84 heavy (non-hydrogen) atoms. The SMILES string of the molecule is Cc1ncsc1-c1ccc(CNC(=O)C2CC(O)CN2C(=O)C(c2cc(OCCOCCOCCOCCOCCNC(=O)c3ccc(-c4ccc5c(c4)C(=O)N(C(C(=O)Nc4nccs4)c4cc(F)ccc4O)C5)cc3)no2)C(C)C)cc1. The second-order valence-electron chi connectivity index (χ2n) is 20.2. The average Bonchev–Trinajstić information content (AvgIpc) is 3.37. The van der Waals surface area contributed by atoms with Crippen molar-refractivity contribution in [2.75, 3.05) is 77.9 Å². The minimum absolute atomic E-state index is 0.0206. The van der Waals surface area contributed by atoms with Crippen molar-refractivity contribution in [2.24, 2.45) is 5.92 Å². The summed E-state index contributed by atoms with van der Waals surface area (Å²) in [6, 6.07) is 22.7. The molecule has 2 aliphatic rings. The lowest BCUT2D eigenvalue weighted by atomic mass is 9.91. The van der Waals surface area contributed by atoms with Crippen LogP contribution in [0, 0.1) is 18.7 Å². The van der Waals surface area contributed by atoms with E-state index in [9.17, 15) is 38.6 Å². The molecule has 0 bridgehead atoms. The number of benzene rings is 4. The van der Waals surface area contributed by atoms with E-state index in [4.69, 9.17) is 28.2 Å². The smallest absolute Gasteiger partial charge is 0.255 e. The number of aromatic hydroxyl groups is 1. The number of β-amino-alcohol motifs (C(OH)–C–C–N with tert-alkyl or cyclic N) is 1. The van der Waals surface area contributed by atoms with Crippen molar-refractivity contribution in [3.8, 4) is 33.2 Å². The Balaban J connectivity index is 0.609. The van der Waals surface area contributed by atoms with Gasteiger partial charge in [-0.15, -0.1) is 22.7 Å². The first-order chi connectivity index (χ1) is 40.7. The van der Waals surface area contributed by atoms with Crippen LogP contribution in [0.25, 0.3) is 21.6 Å². The molecule has 2 aliphatic heterocycles. The predicted molar refractivity (Wildman–Crippen MR) is 309 cm³/mol. The average molecular weight is 1190 g/mol. The Morgan fingerprint density at radius 3 is 2.18 bits per heavy atom. The lowest BCUT2D eigenvalue weighted by Crippen LogP contribution is -2.48. The summed E-state index contributed by atoms with van der Waals surface area (Å²) < 4.78 is 48.1. The van der Waals surface area contributed by atoms with Gasteiger partial charge in [0.05, 0.1) is 75.0 Å². The fourth-order valence-corrected chi connectivity index (χ4v) is 11.2. The molecule has 3 aromatic heterocycles. The van der Waals surface area contributed by atoms with Gasteiger partial charge in [-0.3, -0.25) is 29.3 Å². The van der Waals surface area contributed by atoms with Crippen molar-refractivity contribution in [3.05, 3.63) is 153 Å². The standard InChI is InChI=1S/C60H65FN8O13S2/c1-36(2)52(59(76)68-34-45(70)30-48(68)56(73)64-32-38-4-6-40(7-5-38)54-37(3)65-35-84-54)50-31-51(67-82-50)81-26-25-80-24-23-79-22-21-78-20-19-77-18-16-62-55(72)41-10-8-39(9-11-41)42-12-13-43-33-69(58(75)46(43)28-42)53(47-29-44(61)14-15-49(47)71)57(74)66-60-63-17-27-83-60/h4-15,17,27-29,31,35-36,45,48,52-53,70-71H,16,18-26,30,32-34H2,1-3H3,(H,62,72)(H,64,73)(H,63,66,74). The second kappa shape index (κ2) is 29.0. The summed E-state index contributed by atoms with van der Waals surface area (Å²) in [6.45, 7) is 9.00. The van der Waals surface area contributed by atoms with Gasteiger partial charge in [0.15, 0.2) is 10.9 Å². The maximum Gasteiger partial charge on any atom is 0.255 e. The summed E-state index contributed by atoms with van der Waals surface area (Å²) >= 11 is 2.75. The largest absolute Gasteiger partial charge is 0.508 e. The Hall–Kier alpha value is -7.97. The number of fused-ring (bicyclic) bond motifs is 1. The van der Waals surface area contributed by atoms with E-state index in [0.717, 1.165) is 45.5 Å². The number of carbonyl (C=O) groups is 5. The third-order valence-electron chi connectivity index (χ3n) is 14.1. The number of aliphatic hydroxyl groups excluding tert-OH is 1. The molecule has 4 unspecified atom stereocenters. The number of likely N-dealkylation sites (tertiary alicyclic amines) is 1. The van der Waals surface area contributed by atoms with Crippen molar-refractivity contribution in [2.45, 2.75) is 64.4 Å². The van der Waals surface area contributed by atoms with E-state index in [1.807, 2.05) is 56.6 Å². The van der Waals surface area contributed by atoms with Gasteiger partial charge in [-0.25, -0.2) is 14.4 Å². The molecule has 0 saturated carbocycles. The number of nitrogens with zero attached hydrogens (tertiary/aromatic N) is 5. The fraction of sp³-hybridized carbons (Fsp3) is 0.367. The van der Waals surface area contributed by atoms with Gasteiger partial charge >= 0.3 is 0 Å². The Morgan fingerprint density at radius 2 is 1.50 bits per heavy atom. The highest BCUT2D eigenvalue weighted by molar-refractivity contribution is 7.14. The minimum atomic E-state index is -1.35. The van der Waals surface area contributed by atoms with Gasteiger partial charge < -0.3 is 58.9 Å². The molecule has 7 aromatic rings. The van der Waals surface area contributed by atoms with E-state index in [0.29, 0.717) is 67.7 Å². The number of nitrogens with one attached hydrogen (secondary N) is 3. The first kappa shape index (κ1) is 60.6. The van der Waals surface area contributed by atoms with Crippen molar-refractivity contribution in [1.29, 1.82) is 0 Å². The maximum atomic E-state index is 14.4. The number of hydrogen-bond acceptors (Lipinski definition) is 18. The number of ether oxygens (including phenoxy) is 5. The zero-order chi connectivity index (χ0) is 59.1. The Morgan fingerprint density at radius 1 is 0.810 bits per heavy atom. The zero-order valence-electron chi connectivity index (χ0n) is 46.5. The number of amides is 5. The predicted octanol–water partition coefficient (Wildman–Crippen LogP) is 7.30. The molecule has 4 aromatic carbocycles. The zero-order valence-corrected chi connectivity index (χ0v) is 48.1. The highest BCUT2D eigenvalue weighted by Gasteiger charge is 2.44. The molecule has 5 N–H and O–H groups in total. The van der Waals surface area contributed by atoms with Gasteiger partial charge in [-0.05, 0) is 82.2 Å². The van der Waals surface area contributed by atoms with Crippen LogP contribution < -0.4 is 20.7 Å². The summed E-state index contributed by atoms with van der Waals surface area (Å²) in [5, 5.41) is 35.7.